The summed E-state index contributed by atoms with van der Waals surface area (Å²) < 4.78 is 0. The average Bonchev–Trinajstić information content (AvgIpc) is 2.98. The van der Waals surface area contributed by atoms with Crippen molar-refractivity contribution < 1.29 is 0 Å². The molecule has 1 fully saturated rings. The minimum absolute atomic E-state index is 0.315. The van der Waals surface area contributed by atoms with Crippen molar-refractivity contribution in [3.05, 3.63) is 21.4 Å². The Bertz CT molecular complexity index is 388. The highest BCUT2D eigenvalue weighted by Crippen LogP contribution is 2.41. The lowest BCUT2D eigenvalue weighted by Crippen LogP contribution is -2.26. The van der Waals surface area contributed by atoms with Crippen LogP contribution in [-0.4, -0.2) is 0 Å². The maximum absolute atomic E-state index is 6.56. The van der Waals surface area contributed by atoms with E-state index >= 15 is 0 Å². The normalized spacial score (nSPS) is 29.2. The second-order valence-corrected chi connectivity index (χ2v) is 7.35. The lowest BCUT2D eigenvalue weighted by Gasteiger charge is -2.32. The van der Waals surface area contributed by atoms with Crippen LogP contribution in [-0.2, 0) is 12.8 Å². The van der Waals surface area contributed by atoms with Crippen LogP contribution >= 0.6 is 11.3 Å². The third kappa shape index (κ3) is 2.37. The third-order valence-electron chi connectivity index (χ3n) is 5.00. The van der Waals surface area contributed by atoms with Crippen LogP contribution in [0.1, 0.15) is 66.8 Å². The molecule has 2 aliphatic carbocycles. The van der Waals surface area contributed by atoms with Gasteiger partial charge in [0, 0.05) is 15.8 Å². The second kappa shape index (κ2) is 5.34. The van der Waals surface area contributed by atoms with E-state index in [9.17, 15) is 0 Å². The first-order valence-corrected chi connectivity index (χ1v) is 8.46. The number of thiophene rings is 1. The Hall–Kier alpha value is -0.340. The molecule has 2 heteroatoms. The fraction of sp³-hybridized carbons (Fsp3) is 0.750. The van der Waals surface area contributed by atoms with Crippen LogP contribution in [0.5, 0.6) is 0 Å². The van der Waals surface area contributed by atoms with Crippen molar-refractivity contribution in [2.75, 3.05) is 0 Å². The van der Waals surface area contributed by atoms with E-state index in [-0.39, 0.29) is 0 Å². The topological polar surface area (TPSA) is 26.0 Å². The molecule has 2 aliphatic rings. The molecule has 0 bridgehead atoms. The Balaban J connectivity index is 1.71. The van der Waals surface area contributed by atoms with Gasteiger partial charge in [-0.2, -0.15) is 0 Å². The van der Waals surface area contributed by atoms with E-state index in [0.717, 1.165) is 11.8 Å². The van der Waals surface area contributed by atoms with Gasteiger partial charge in [-0.15, -0.1) is 11.3 Å². The van der Waals surface area contributed by atoms with Gasteiger partial charge in [-0.25, -0.2) is 0 Å². The van der Waals surface area contributed by atoms with Crippen molar-refractivity contribution in [2.45, 2.75) is 64.3 Å². The Morgan fingerprint density at radius 2 is 2.22 bits per heavy atom. The highest BCUT2D eigenvalue weighted by atomic mass is 32.1. The number of nitrogens with two attached hydrogens (primary N) is 1. The zero-order chi connectivity index (χ0) is 12.5. The number of hydrogen-bond acceptors (Lipinski definition) is 2. The van der Waals surface area contributed by atoms with E-state index in [0.29, 0.717) is 6.04 Å². The third-order valence-corrected chi connectivity index (χ3v) is 6.34. The molecular weight excluding hydrogens is 238 g/mol. The van der Waals surface area contributed by atoms with Crippen LogP contribution in [0, 0.1) is 11.8 Å². The molecule has 100 valence electrons. The number of hydrogen-bond donors (Lipinski definition) is 1. The first kappa shape index (κ1) is 12.7. The predicted molar refractivity (Wildman–Crippen MR) is 79.0 cm³/mol. The maximum Gasteiger partial charge on any atom is 0.0418 e. The van der Waals surface area contributed by atoms with E-state index < -0.39 is 0 Å². The molecule has 0 radical (unpaired) electrons. The summed E-state index contributed by atoms with van der Waals surface area (Å²) in [5.41, 5.74) is 8.16. The zero-order valence-corrected chi connectivity index (χ0v) is 12.3. The quantitative estimate of drug-likeness (QED) is 0.856. The van der Waals surface area contributed by atoms with E-state index in [1.807, 2.05) is 11.3 Å². The van der Waals surface area contributed by atoms with Crippen molar-refractivity contribution in [3.63, 3.8) is 0 Å². The smallest absolute Gasteiger partial charge is 0.0418 e. The molecule has 1 aromatic heterocycles. The summed E-state index contributed by atoms with van der Waals surface area (Å²) in [4.78, 5) is 3.10. The molecule has 3 unspecified atom stereocenters. The average molecular weight is 263 g/mol. The monoisotopic (exact) mass is 263 g/mol. The van der Waals surface area contributed by atoms with Gasteiger partial charge < -0.3 is 5.73 Å². The molecular formula is C16H25NS. The summed E-state index contributed by atoms with van der Waals surface area (Å²) in [6.45, 7) is 2.33. The van der Waals surface area contributed by atoms with E-state index in [4.69, 9.17) is 5.73 Å². The van der Waals surface area contributed by atoms with Crippen molar-refractivity contribution >= 4 is 11.3 Å². The van der Waals surface area contributed by atoms with E-state index in [2.05, 4.69) is 13.0 Å². The number of aryl methyl sites for hydroxylation is 2. The highest BCUT2D eigenvalue weighted by Gasteiger charge is 2.28. The molecule has 2 N–H and O–H groups in total. The summed E-state index contributed by atoms with van der Waals surface area (Å²) in [7, 11) is 0. The molecule has 18 heavy (non-hydrogen) atoms. The van der Waals surface area contributed by atoms with Crippen LogP contribution in [0.25, 0.3) is 0 Å². The first-order valence-electron chi connectivity index (χ1n) is 7.65. The molecule has 3 rings (SSSR count). The van der Waals surface area contributed by atoms with Gasteiger partial charge in [-0.1, -0.05) is 26.2 Å². The molecule has 1 heterocycles. The Morgan fingerprint density at radius 3 is 3.00 bits per heavy atom. The Morgan fingerprint density at radius 1 is 1.33 bits per heavy atom. The van der Waals surface area contributed by atoms with E-state index in [1.54, 1.807) is 10.4 Å². The lowest BCUT2D eigenvalue weighted by atomic mass is 9.76. The molecule has 1 saturated carbocycles. The van der Waals surface area contributed by atoms with Crippen molar-refractivity contribution in [3.8, 4) is 0 Å². The zero-order valence-electron chi connectivity index (χ0n) is 11.5. The molecule has 0 aliphatic heterocycles. The van der Waals surface area contributed by atoms with Crippen molar-refractivity contribution in [1.82, 2.24) is 0 Å². The van der Waals surface area contributed by atoms with Gasteiger partial charge >= 0.3 is 0 Å². The maximum atomic E-state index is 6.56. The van der Waals surface area contributed by atoms with Gasteiger partial charge in [0.05, 0.1) is 0 Å². The fourth-order valence-electron chi connectivity index (χ4n) is 3.78. The summed E-state index contributed by atoms with van der Waals surface area (Å²) in [5, 5.41) is 0. The van der Waals surface area contributed by atoms with Crippen molar-refractivity contribution in [1.29, 1.82) is 0 Å². The van der Waals surface area contributed by atoms with Crippen molar-refractivity contribution in [2.24, 2.45) is 17.6 Å². The SMILES string of the molecule is CCC1CCCC(C(N)c2cc3c(s2)CCC3)C1. The lowest BCUT2D eigenvalue weighted by molar-refractivity contribution is 0.232. The summed E-state index contributed by atoms with van der Waals surface area (Å²) in [5.74, 6) is 1.67. The van der Waals surface area contributed by atoms with Crippen LogP contribution in [0.15, 0.2) is 6.07 Å². The van der Waals surface area contributed by atoms with Gasteiger partial charge in [-0.05, 0) is 55.6 Å². The standard InChI is InChI=1S/C16H25NS/c1-2-11-5-3-7-13(9-11)16(17)15-10-12-6-4-8-14(12)18-15/h10-11,13,16H,2-9,17H2,1H3. The second-order valence-electron chi connectivity index (χ2n) is 6.18. The van der Waals surface area contributed by atoms with Crippen LogP contribution in [0.2, 0.25) is 0 Å². The summed E-state index contributed by atoms with van der Waals surface area (Å²) in [6, 6.07) is 2.74. The van der Waals surface area contributed by atoms with E-state index in [1.165, 1.54) is 56.2 Å². The fourth-order valence-corrected chi connectivity index (χ4v) is 5.13. The largest absolute Gasteiger partial charge is 0.323 e. The first-order chi connectivity index (χ1) is 8.78. The van der Waals surface area contributed by atoms with Gasteiger partial charge in [-0.3, -0.25) is 0 Å². The molecule has 3 atom stereocenters. The van der Waals surface area contributed by atoms with Crippen LogP contribution < -0.4 is 5.73 Å². The van der Waals surface area contributed by atoms with Crippen LogP contribution in [0.4, 0.5) is 0 Å². The molecule has 0 aromatic carbocycles. The number of rotatable bonds is 3. The molecule has 0 amide bonds. The van der Waals surface area contributed by atoms with Gasteiger partial charge in [0.25, 0.3) is 0 Å². The Kier molecular flexibility index (Phi) is 3.76. The molecule has 0 saturated heterocycles. The van der Waals surface area contributed by atoms with Crippen LogP contribution in [0.3, 0.4) is 0 Å². The molecule has 1 aromatic rings. The van der Waals surface area contributed by atoms with Gasteiger partial charge in [0.15, 0.2) is 0 Å². The molecule has 1 nitrogen and oxygen atoms in total. The predicted octanol–water partition coefficient (Wildman–Crippen LogP) is 4.45. The summed E-state index contributed by atoms with van der Waals surface area (Å²) >= 11 is 2.01. The summed E-state index contributed by atoms with van der Waals surface area (Å²) in [6.07, 6.45) is 10.8. The number of fused-ring (bicyclic) bond motifs is 1. The molecule has 0 spiro atoms. The van der Waals surface area contributed by atoms with Gasteiger partial charge in [0.1, 0.15) is 0 Å². The minimum Gasteiger partial charge on any atom is -0.323 e. The highest BCUT2D eigenvalue weighted by molar-refractivity contribution is 7.12. The minimum atomic E-state index is 0.315. The Labute approximate surface area is 115 Å². The van der Waals surface area contributed by atoms with Gasteiger partial charge in [0.2, 0.25) is 0 Å².